The molecule has 2 aliphatic rings. The highest BCUT2D eigenvalue weighted by molar-refractivity contribution is 9.10. The topological polar surface area (TPSA) is 20.3 Å². The van der Waals surface area contributed by atoms with Crippen molar-refractivity contribution in [2.45, 2.75) is 38.5 Å². The molecule has 1 amide bonds. The Balaban J connectivity index is 1.42. The molecule has 158 valence electrons. The van der Waals surface area contributed by atoms with Gasteiger partial charge in [-0.1, -0.05) is 64.0 Å². The van der Waals surface area contributed by atoms with Gasteiger partial charge in [0, 0.05) is 29.0 Å². The fourth-order valence-corrected chi connectivity index (χ4v) is 5.79. The van der Waals surface area contributed by atoms with Gasteiger partial charge in [0.25, 0.3) is 5.91 Å². The van der Waals surface area contributed by atoms with E-state index in [0.717, 1.165) is 48.8 Å². The number of likely N-dealkylation sites (tertiary alicyclic amines) is 1. The smallest absolute Gasteiger partial charge is 0.253 e. The van der Waals surface area contributed by atoms with Crippen LogP contribution in [0, 0.1) is 12.8 Å². The normalized spacial score (nSPS) is 18.8. The van der Waals surface area contributed by atoms with Crippen LogP contribution in [0.5, 0.6) is 0 Å². The molecule has 0 radical (unpaired) electrons. The minimum absolute atomic E-state index is 0.169. The summed E-state index contributed by atoms with van der Waals surface area (Å²) in [5, 5.41) is 0. The van der Waals surface area contributed by atoms with Crippen LogP contribution in [-0.4, -0.2) is 23.9 Å². The van der Waals surface area contributed by atoms with E-state index in [-0.39, 0.29) is 5.91 Å². The quantitative estimate of drug-likeness (QED) is 0.413. The van der Waals surface area contributed by atoms with Gasteiger partial charge in [0.05, 0.1) is 0 Å². The van der Waals surface area contributed by atoms with Gasteiger partial charge in [0.2, 0.25) is 0 Å². The lowest BCUT2D eigenvalue weighted by atomic mass is 9.74. The molecule has 0 saturated carbocycles. The van der Waals surface area contributed by atoms with Crippen LogP contribution in [0.15, 0.2) is 71.2 Å². The molecule has 0 bridgehead atoms. The van der Waals surface area contributed by atoms with Crippen LogP contribution in [-0.2, 0) is 12.8 Å². The monoisotopic (exact) mass is 473 g/mol. The number of aryl methyl sites for hydroxylation is 3. The number of hydrogen-bond acceptors (Lipinski definition) is 1. The highest BCUT2D eigenvalue weighted by atomic mass is 79.9. The fraction of sp³-hybridized carbons (Fsp3) is 0.321. The van der Waals surface area contributed by atoms with Gasteiger partial charge in [-0.3, -0.25) is 4.79 Å². The highest BCUT2D eigenvalue weighted by Crippen LogP contribution is 2.43. The van der Waals surface area contributed by atoms with Crippen LogP contribution in [0.3, 0.4) is 0 Å². The predicted molar refractivity (Wildman–Crippen MR) is 130 cm³/mol. The average Bonchev–Trinajstić information content (AvgIpc) is 2.96. The Morgan fingerprint density at radius 2 is 1.55 bits per heavy atom. The Hall–Kier alpha value is -2.39. The molecule has 1 unspecified atom stereocenters. The zero-order valence-electron chi connectivity index (χ0n) is 18.0. The maximum absolute atomic E-state index is 13.0. The molecular weight excluding hydrogens is 446 g/mol. The minimum Gasteiger partial charge on any atom is -0.339 e. The van der Waals surface area contributed by atoms with Gasteiger partial charge in [0.1, 0.15) is 0 Å². The molecule has 1 aliphatic heterocycles. The second-order valence-electron chi connectivity index (χ2n) is 9.02. The first-order valence-corrected chi connectivity index (χ1v) is 12.1. The third kappa shape index (κ3) is 4.08. The largest absolute Gasteiger partial charge is 0.339 e. The molecule has 3 aromatic rings. The summed E-state index contributed by atoms with van der Waals surface area (Å²) in [5.41, 5.74) is 7.91. The molecule has 1 saturated heterocycles. The van der Waals surface area contributed by atoms with E-state index >= 15 is 0 Å². The van der Waals surface area contributed by atoms with Crippen molar-refractivity contribution >= 4 is 21.8 Å². The van der Waals surface area contributed by atoms with E-state index in [4.69, 9.17) is 0 Å². The Morgan fingerprint density at radius 1 is 0.871 bits per heavy atom. The molecule has 3 heteroatoms. The van der Waals surface area contributed by atoms with Gasteiger partial charge in [-0.2, -0.15) is 0 Å². The number of hydrogen-bond donors (Lipinski definition) is 0. The Morgan fingerprint density at radius 3 is 2.29 bits per heavy atom. The first-order chi connectivity index (χ1) is 15.1. The van der Waals surface area contributed by atoms with Crippen LogP contribution in [0.25, 0.3) is 0 Å². The van der Waals surface area contributed by atoms with Crippen molar-refractivity contribution in [2.24, 2.45) is 5.92 Å². The molecule has 1 aliphatic carbocycles. The number of halogens is 1. The minimum atomic E-state index is 0.169. The molecule has 0 aromatic heterocycles. The lowest BCUT2D eigenvalue weighted by Crippen LogP contribution is -2.40. The number of carbonyl (C=O) groups is 1. The van der Waals surface area contributed by atoms with Crippen LogP contribution in [0.2, 0.25) is 0 Å². The van der Waals surface area contributed by atoms with E-state index in [2.05, 4.69) is 65.3 Å². The number of nitrogens with zero attached hydrogens (tertiary/aromatic N) is 1. The average molecular weight is 474 g/mol. The predicted octanol–water partition coefficient (Wildman–Crippen LogP) is 6.54. The van der Waals surface area contributed by atoms with E-state index in [0.29, 0.717) is 11.8 Å². The number of benzene rings is 3. The van der Waals surface area contributed by atoms with Crippen LogP contribution in [0.4, 0.5) is 0 Å². The van der Waals surface area contributed by atoms with Crippen molar-refractivity contribution < 1.29 is 4.79 Å². The van der Waals surface area contributed by atoms with E-state index in [1.165, 1.54) is 27.8 Å². The molecule has 0 spiro atoms. The van der Waals surface area contributed by atoms with Crippen molar-refractivity contribution in [3.63, 3.8) is 0 Å². The number of piperidine rings is 1. The standard InChI is InChI=1S/C28H28BrNO/c1-19-6-8-23(9-7-19)28(31)30-16-14-22(15-17-30)27-25-5-3-2-4-20(25)10-11-21-12-13-24(29)18-26(21)27/h2-9,12-13,18,22,27H,10-11,14-17H2,1H3. The molecule has 31 heavy (non-hydrogen) atoms. The number of carbonyl (C=O) groups excluding carboxylic acids is 1. The number of fused-ring (bicyclic) bond motifs is 2. The molecule has 0 N–H and O–H groups in total. The molecular formula is C28H28BrNO. The van der Waals surface area contributed by atoms with Gasteiger partial charge in [-0.25, -0.2) is 0 Å². The van der Waals surface area contributed by atoms with Gasteiger partial charge in [0.15, 0.2) is 0 Å². The summed E-state index contributed by atoms with van der Waals surface area (Å²) in [4.78, 5) is 15.1. The number of amides is 1. The summed E-state index contributed by atoms with van der Waals surface area (Å²) >= 11 is 3.71. The summed E-state index contributed by atoms with van der Waals surface area (Å²) in [6.45, 7) is 3.72. The molecule has 5 rings (SSSR count). The zero-order chi connectivity index (χ0) is 21.4. The lowest BCUT2D eigenvalue weighted by molar-refractivity contribution is 0.0683. The van der Waals surface area contributed by atoms with E-state index in [1.807, 2.05) is 29.2 Å². The summed E-state index contributed by atoms with van der Waals surface area (Å²) in [5.74, 6) is 1.13. The SMILES string of the molecule is Cc1ccc(C(=O)N2CCC(C3c4ccccc4CCc4ccc(Br)cc43)CC2)cc1. The van der Waals surface area contributed by atoms with Crippen molar-refractivity contribution in [3.05, 3.63) is 105 Å². The first-order valence-electron chi connectivity index (χ1n) is 11.3. The zero-order valence-corrected chi connectivity index (χ0v) is 19.6. The second kappa shape index (κ2) is 8.63. The van der Waals surface area contributed by atoms with Crippen molar-refractivity contribution in [1.82, 2.24) is 4.90 Å². The second-order valence-corrected chi connectivity index (χ2v) is 9.93. The van der Waals surface area contributed by atoms with E-state index < -0.39 is 0 Å². The van der Waals surface area contributed by atoms with Gasteiger partial charge in [-0.05, 0) is 85.0 Å². The lowest BCUT2D eigenvalue weighted by Gasteiger charge is -2.37. The van der Waals surface area contributed by atoms with Crippen LogP contribution in [0.1, 0.15) is 56.9 Å². The molecule has 1 atom stereocenters. The third-order valence-corrected chi connectivity index (χ3v) is 7.59. The highest BCUT2D eigenvalue weighted by Gasteiger charge is 2.34. The van der Waals surface area contributed by atoms with E-state index in [9.17, 15) is 4.79 Å². The Bertz CT molecular complexity index is 1100. The first kappa shape index (κ1) is 20.5. The van der Waals surface area contributed by atoms with Crippen LogP contribution >= 0.6 is 15.9 Å². The van der Waals surface area contributed by atoms with Gasteiger partial charge in [-0.15, -0.1) is 0 Å². The molecule has 3 aromatic carbocycles. The van der Waals surface area contributed by atoms with Crippen LogP contribution < -0.4 is 0 Å². The van der Waals surface area contributed by atoms with Gasteiger partial charge < -0.3 is 4.90 Å². The van der Waals surface area contributed by atoms with E-state index in [1.54, 1.807) is 0 Å². The third-order valence-electron chi connectivity index (χ3n) is 7.09. The summed E-state index contributed by atoms with van der Waals surface area (Å²) in [6.07, 6.45) is 4.29. The molecule has 1 fully saturated rings. The molecule has 1 heterocycles. The maximum atomic E-state index is 13.0. The van der Waals surface area contributed by atoms with Crippen molar-refractivity contribution in [3.8, 4) is 0 Å². The fourth-order valence-electron chi connectivity index (χ4n) is 5.41. The molecule has 2 nitrogen and oxygen atoms in total. The summed E-state index contributed by atoms with van der Waals surface area (Å²) in [6, 6.07) is 23.8. The number of rotatable bonds is 2. The Kier molecular flexibility index (Phi) is 5.71. The van der Waals surface area contributed by atoms with Crippen molar-refractivity contribution in [1.29, 1.82) is 0 Å². The maximum Gasteiger partial charge on any atom is 0.253 e. The summed E-state index contributed by atoms with van der Waals surface area (Å²) < 4.78 is 1.16. The van der Waals surface area contributed by atoms with Crippen molar-refractivity contribution in [2.75, 3.05) is 13.1 Å². The summed E-state index contributed by atoms with van der Waals surface area (Å²) in [7, 11) is 0. The van der Waals surface area contributed by atoms with Gasteiger partial charge >= 0.3 is 0 Å². The Labute approximate surface area is 193 Å².